The molecule has 1 saturated heterocycles. The smallest absolute Gasteiger partial charge is 0.406 e. The van der Waals surface area contributed by atoms with E-state index in [4.69, 9.17) is 4.74 Å². The molecule has 1 N–H and O–H groups in total. The van der Waals surface area contributed by atoms with Crippen LogP contribution in [0.25, 0.3) is 0 Å². The van der Waals surface area contributed by atoms with Gasteiger partial charge in [0.2, 0.25) is 0 Å². The van der Waals surface area contributed by atoms with Gasteiger partial charge in [0.15, 0.2) is 0 Å². The first-order valence-electron chi connectivity index (χ1n) is 6.78. The van der Waals surface area contributed by atoms with Crippen LogP contribution in [0, 0.1) is 0 Å². The van der Waals surface area contributed by atoms with E-state index in [0.29, 0.717) is 13.1 Å². The van der Waals surface area contributed by atoms with Gasteiger partial charge in [-0.15, -0.1) is 13.2 Å². The Hall–Kier alpha value is -1.31. The lowest BCUT2D eigenvalue weighted by Crippen LogP contribution is -2.44. The third-order valence-electron chi connectivity index (χ3n) is 3.20. The summed E-state index contributed by atoms with van der Waals surface area (Å²) < 4.78 is 45.5. The molecular formula is C14H19F3N2O2. The Labute approximate surface area is 121 Å². The van der Waals surface area contributed by atoms with E-state index in [-0.39, 0.29) is 11.9 Å². The molecule has 1 aromatic carbocycles. The molecule has 1 fully saturated rings. The second kappa shape index (κ2) is 7.11. The van der Waals surface area contributed by atoms with Gasteiger partial charge in [0, 0.05) is 26.2 Å². The number of hydrogen-bond donors (Lipinski definition) is 1. The van der Waals surface area contributed by atoms with E-state index in [1.54, 1.807) is 12.1 Å². The second-order valence-electron chi connectivity index (χ2n) is 5.08. The lowest BCUT2D eigenvalue weighted by molar-refractivity contribution is -0.274. The summed E-state index contributed by atoms with van der Waals surface area (Å²) in [5.41, 5.74) is 0.897. The van der Waals surface area contributed by atoms with Crippen molar-refractivity contribution < 1.29 is 22.6 Å². The van der Waals surface area contributed by atoms with Crippen LogP contribution in [-0.2, 0) is 11.3 Å². The third kappa shape index (κ3) is 5.91. The van der Waals surface area contributed by atoms with Gasteiger partial charge in [-0.3, -0.25) is 0 Å². The third-order valence-corrected chi connectivity index (χ3v) is 3.20. The molecule has 0 bridgehead atoms. The molecule has 2 rings (SSSR count). The minimum absolute atomic E-state index is 0.150. The minimum Gasteiger partial charge on any atom is -0.406 e. The summed E-state index contributed by atoms with van der Waals surface area (Å²) in [5.74, 6) is -0.205. The fourth-order valence-electron chi connectivity index (χ4n) is 2.18. The normalized spacial score (nSPS) is 20.5. The molecular weight excluding hydrogens is 285 g/mol. The highest BCUT2D eigenvalue weighted by molar-refractivity contribution is 5.27. The molecule has 7 heteroatoms. The highest BCUT2D eigenvalue weighted by Crippen LogP contribution is 2.22. The van der Waals surface area contributed by atoms with Gasteiger partial charge in [0.05, 0.1) is 12.7 Å². The Morgan fingerprint density at radius 3 is 2.67 bits per heavy atom. The van der Waals surface area contributed by atoms with Crippen LogP contribution < -0.4 is 10.1 Å². The van der Waals surface area contributed by atoms with Gasteiger partial charge in [0.1, 0.15) is 5.75 Å². The molecule has 1 aromatic rings. The lowest BCUT2D eigenvalue weighted by atomic mass is 10.2. The molecule has 1 atom stereocenters. The highest BCUT2D eigenvalue weighted by Gasteiger charge is 2.30. The average Bonchev–Trinajstić information content (AvgIpc) is 2.39. The van der Waals surface area contributed by atoms with Crippen LogP contribution in [0.2, 0.25) is 0 Å². The summed E-state index contributed by atoms with van der Waals surface area (Å²) in [6.07, 6.45) is -4.50. The molecule has 1 aliphatic rings. The summed E-state index contributed by atoms with van der Waals surface area (Å²) in [6, 6.07) is 5.86. The van der Waals surface area contributed by atoms with Crippen LogP contribution in [0.4, 0.5) is 13.2 Å². The second-order valence-corrected chi connectivity index (χ2v) is 5.08. The zero-order valence-corrected chi connectivity index (χ0v) is 11.8. The average molecular weight is 304 g/mol. The molecule has 1 aliphatic heterocycles. The van der Waals surface area contributed by atoms with Crippen molar-refractivity contribution in [3.63, 3.8) is 0 Å². The molecule has 0 amide bonds. The van der Waals surface area contributed by atoms with Gasteiger partial charge in [0.25, 0.3) is 0 Å². The number of benzene rings is 1. The van der Waals surface area contributed by atoms with Crippen LogP contribution in [0.3, 0.4) is 0 Å². The summed E-state index contributed by atoms with van der Waals surface area (Å²) in [5, 5.41) is 3.24. The lowest BCUT2D eigenvalue weighted by Gasteiger charge is -2.30. The van der Waals surface area contributed by atoms with Gasteiger partial charge in [-0.1, -0.05) is 12.1 Å². The maximum absolute atomic E-state index is 12.0. The van der Waals surface area contributed by atoms with Crippen LogP contribution in [0.1, 0.15) is 5.56 Å². The Kier molecular flexibility index (Phi) is 5.44. The van der Waals surface area contributed by atoms with E-state index in [1.165, 1.54) is 12.1 Å². The quantitative estimate of drug-likeness (QED) is 0.902. The van der Waals surface area contributed by atoms with Crippen molar-refractivity contribution in [3.8, 4) is 5.75 Å². The SMILES string of the molecule is CN1CCO[C@@H](CNCc2ccc(OC(F)(F)F)cc2)C1. The summed E-state index contributed by atoms with van der Waals surface area (Å²) in [4.78, 5) is 2.21. The number of alkyl halides is 3. The van der Waals surface area contributed by atoms with Gasteiger partial charge in [-0.25, -0.2) is 0 Å². The molecule has 4 nitrogen and oxygen atoms in total. The number of likely N-dealkylation sites (N-methyl/N-ethyl adjacent to an activating group) is 1. The van der Waals surface area contributed by atoms with Crippen LogP contribution in [0.15, 0.2) is 24.3 Å². The molecule has 0 saturated carbocycles. The first-order valence-corrected chi connectivity index (χ1v) is 6.78. The molecule has 0 aromatic heterocycles. The van der Waals surface area contributed by atoms with Crippen LogP contribution in [0.5, 0.6) is 5.75 Å². The summed E-state index contributed by atoms with van der Waals surface area (Å²) in [6.45, 7) is 3.84. The Morgan fingerprint density at radius 1 is 1.33 bits per heavy atom. The van der Waals surface area contributed by atoms with E-state index in [1.807, 2.05) is 0 Å². The molecule has 0 aliphatic carbocycles. The van der Waals surface area contributed by atoms with E-state index in [2.05, 4.69) is 22.0 Å². The molecule has 21 heavy (non-hydrogen) atoms. The van der Waals surface area contributed by atoms with E-state index >= 15 is 0 Å². The number of nitrogens with zero attached hydrogens (tertiary/aromatic N) is 1. The van der Waals surface area contributed by atoms with Gasteiger partial charge in [-0.2, -0.15) is 0 Å². The Balaban J connectivity index is 1.73. The Bertz CT molecular complexity index is 437. The minimum atomic E-state index is -4.65. The van der Waals surface area contributed by atoms with Crippen molar-refractivity contribution in [2.75, 3.05) is 33.3 Å². The summed E-state index contributed by atoms with van der Waals surface area (Å²) in [7, 11) is 2.05. The zero-order valence-electron chi connectivity index (χ0n) is 11.8. The highest BCUT2D eigenvalue weighted by atomic mass is 19.4. The molecule has 0 radical (unpaired) electrons. The van der Waals surface area contributed by atoms with Gasteiger partial charge in [-0.05, 0) is 24.7 Å². The maximum atomic E-state index is 12.0. The monoisotopic (exact) mass is 304 g/mol. The van der Waals surface area contributed by atoms with Crippen molar-refractivity contribution in [2.45, 2.75) is 19.0 Å². The number of hydrogen-bond acceptors (Lipinski definition) is 4. The van der Waals surface area contributed by atoms with E-state index in [9.17, 15) is 13.2 Å². The first-order chi connectivity index (χ1) is 9.92. The molecule has 0 unspecified atom stereocenters. The number of halogens is 3. The number of ether oxygens (including phenoxy) is 2. The predicted molar refractivity (Wildman–Crippen MR) is 72.1 cm³/mol. The fourth-order valence-corrected chi connectivity index (χ4v) is 2.18. The summed E-state index contributed by atoms with van der Waals surface area (Å²) >= 11 is 0. The van der Waals surface area contributed by atoms with Crippen molar-refractivity contribution >= 4 is 0 Å². The zero-order chi connectivity index (χ0) is 15.3. The molecule has 118 valence electrons. The Morgan fingerprint density at radius 2 is 2.05 bits per heavy atom. The molecule has 1 heterocycles. The van der Waals surface area contributed by atoms with Crippen molar-refractivity contribution in [2.24, 2.45) is 0 Å². The molecule has 0 spiro atoms. The topological polar surface area (TPSA) is 33.7 Å². The number of rotatable bonds is 5. The van der Waals surface area contributed by atoms with Gasteiger partial charge < -0.3 is 19.7 Å². The van der Waals surface area contributed by atoms with Gasteiger partial charge >= 0.3 is 6.36 Å². The fraction of sp³-hybridized carbons (Fsp3) is 0.571. The van der Waals surface area contributed by atoms with Crippen LogP contribution >= 0.6 is 0 Å². The maximum Gasteiger partial charge on any atom is 0.573 e. The van der Waals surface area contributed by atoms with Crippen molar-refractivity contribution in [3.05, 3.63) is 29.8 Å². The van der Waals surface area contributed by atoms with E-state index in [0.717, 1.165) is 25.3 Å². The predicted octanol–water partition coefficient (Wildman–Crippen LogP) is 2.01. The first kappa shape index (κ1) is 16.1. The van der Waals surface area contributed by atoms with Crippen molar-refractivity contribution in [1.29, 1.82) is 0 Å². The number of morpholine rings is 1. The van der Waals surface area contributed by atoms with Crippen molar-refractivity contribution in [1.82, 2.24) is 10.2 Å². The standard InChI is InChI=1S/C14H19F3N2O2/c1-19-6-7-20-13(10-19)9-18-8-11-2-4-12(5-3-11)21-14(15,16)17/h2-5,13,18H,6-10H2,1H3/t13-/m0/s1. The van der Waals surface area contributed by atoms with Crippen LogP contribution in [-0.4, -0.2) is 50.7 Å². The van der Waals surface area contributed by atoms with E-state index < -0.39 is 6.36 Å². The number of nitrogens with one attached hydrogen (secondary N) is 1. The largest absolute Gasteiger partial charge is 0.573 e.